The number of aliphatic hydroxyl groups is 2. The Morgan fingerprint density at radius 2 is 1.75 bits per heavy atom. The van der Waals surface area contributed by atoms with E-state index in [1.165, 1.54) is 0 Å². The monoisotopic (exact) mass is 661 g/mol. The highest BCUT2D eigenvalue weighted by Crippen LogP contribution is 2.46. The molecule has 0 saturated heterocycles. The fourth-order valence-electron chi connectivity index (χ4n) is 6.08. The normalized spacial score (nSPS) is 17.0. The van der Waals surface area contributed by atoms with Crippen LogP contribution in [0.5, 0.6) is 0 Å². The molecular weight excluding hydrogens is 626 g/mol. The number of anilines is 2. The number of aromatic nitrogens is 3. The Morgan fingerprint density at radius 1 is 1.00 bits per heavy atom. The number of nitrogens with one attached hydrogen (secondary N) is 1. The molecule has 0 saturated carbocycles. The lowest BCUT2D eigenvalue weighted by Gasteiger charge is -2.27. The van der Waals surface area contributed by atoms with Gasteiger partial charge in [0.25, 0.3) is 11.8 Å². The van der Waals surface area contributed by atoms with Gasteiger partial charge in [-0.15, -0.1) is 5.10 Å². The van der Waals surface area contributed by atoms with Gasteiger partial charge in [-0.1, -0.05) is 96.6 Å². The summed E-state index contributed by atoms with van der Waals surface area (Å²) < 4.78 is 1.72. The highest BCUT2D eigenvalue weighted by Gasteiger charge is 2.52. The molecule has 1 aromatic heterocycles. The molecule has 48 heavy (non-hydrogen) atoms. The van der Waals surface area contributed by atoms with Gasteiger partial charge in [0, 0.05) is 40.5 Å². The van der Waals surface area contributed by atoms with Gasteiger partial charge in [-0.05, 0) is 60.0 Å². The minimum atomic E-state index is -1.83. The standard InChI is InChI=1S/C38H36ClN5O4/c1-26(11-8-9-20-43-24-34(41-42-43)32(25-45)28-13-4-2-5-14-28)38(48)33-22-30(39)18-19-35(33)44(37(38)47)23-27-12-10-17-31(21-27)40-36(46)29-15-6-3-7-16-29/h2-8,10-19,21-22,24,26,32,45,48H,9,20,23,25H2,1H3,(H,40,46)/b11-8+/t26-,32?,38+/m0/s1. The predicted octanol–water partition coefficient (Wildman–Crippen LogP) is 6.33. The lowest BCUT2D eigenvalue weighted by molar-refractivity contribution is -0.139. The maximum Gasteiger partial charge on any atom is 0.264 e. The minimum absolute atomic E-state index is 0.0779. The van der Waals surface area contributed by atoms with Gasteiger partial charge < -0.3 is 20.4 Å². The van der Waals surface area contributed by atoms with E-state index in [9.17, 15) is 19.8 Å². The summed E-state index contributed by atoms with van der Waals surface area (Å²) in [4.78, 5) is 28.3. The SMILES string of the molecule is C[C@@H](/C=C/CCn1cc(C(CO)c2ccccc2)nn1)[C@]1(O)C(=O)N(Cc2cccc(NC(=O)c3ccccc3)c2)c2ccc(Cl)cc21. The first kappa shape index (κ1) is 32.8. The van der Waals surface area contributed by atoms with Crippen molar-refractivity contribution < 1.29 is 19.8 Å². The predicted molar refractivity (Wildman–Crippen MR) is 186 cm³/mol. The summed E-state index contributed by atoms with van der Waals surface area (Å²) in [6, 6.07) is 31.0. The van der Waals surface area contributed by atoms with E-state index in [4.69, 9.17) is 11.6 Å². The Balaban J connectivity index is 1.14. The van der Waals surface area contributed by atoms with Crippen molar-refractivity contribution in [3.05, 3.63) is 154 Å². The third-order valence-electron chi connectivity index (χ3n) is 8.70. The van der Waals surface area contributed by atoms with Crippen LogP contribution in [0, 0.1) is 5.92 Å². The van der Waals surface area contributed by atoms with Crippen molar-refractivity contribution in [2.75, 3.05) is 16.8 Å². The number of carbonyl (C=O) groups excluding carboxylic acids is 2. The second kappa shape index (κ2) is 14.4. The van der Waals surface area contributed by atoms with Crippen LogP contribution < -0.4 is 10.2 Å². The van der Waals surface area contributed by atoms with Crippen LogP contribution in [0.3, 0.4) is 0 Å². The Bertz CT molecular complexity index is 1930. The van der Waals surface area contributed by atoms with Gasteiger partial charge in [0.15, 0.2) is 5.60 Å². The van der Waals surface area contributed by atoms with E-state index < -0.39 is 17.4 Å². The number of allylic oxidation sites excluding steroid dienone is 1. The van der Waals surface area contributed by atoms with Gasteiger partial charge in [0.2, 0.25) is 0 Å². The van der Waals surface area contributed by atoms with Crippen molar-refractivity contribution in [1.82, 2.24) is 15.0 Å². The average molecular weight is 662 g/mol. The zero-order valence-electron chi connectivity index (χ0n) is 26.4. The fourth-order valence-corrected chi connectivity index (χ4v) is 6.25. The molecule has 244 valence electrons. The number of amides is 2. The van der Waals surface area contributed by atoms with E-state index in [-0.39, 0.29) is 25.0 Å². The average Bonchev–Trinajstić information content (AvgIpc) is 3.65. The van der Waals surface area contributed by atoms with Crippen molar-refractivity contribution in [3.8, 4) is 0 Å². The summed E-state index contributed by atoms with van der Waals surface area (Å²) >= 11 is 6.37. The molecule has 1 aliphatic heterocycles. The molecule has 3 atom stereocenters. The fraction of sp³-hybridized carbons (Fsp3) is 0.211. The maximum atomic E-state index is 14.0. The Labute approximate surface area is 284 Å². The van der Waals surface area contributed by atoms with Crippen LogP contribution in [-0.4, -0.2) is 43.6 Å². The van der Waals surface area contributed by atoms with E-state index >= 15 is 0 Å². The summed E-state index contributed by atoms with van der Waals surface area (Å²) in [5.41, 5.74) is 2.77. The lowest BCUT2D eigenvalue weighted by Crippen LogP contribution is -2.44. The molecule has 1 unspecified atom stereocenters. The van der Waals surface area contributed by atoms with Gasteiger partial charge in [0.05, 0.1) is 30.5 Å². The van der Waals surface area contributed by atoms with Gasteiger partial charge in [0.1, 0.15) is 0 Å². The van der Waals surface area contributed by atoms with Crippen molar-refractivity contribution in [3.63, 3.8) is 0 Å². The summed E-state index contributed by atoms with van der Waals surface area (Å²) in [6.07, 6.45) is 6.17. The Kier molecular flexibility index (Phi) is 9.82. The highest BCUT2D eigenvalue weighted by atomic mass is 35.5. The number of fused-ring (bicyclic) bond motifs is 1. The summed E-state index contributed by atoms with van der Waals surface area (Å²) in [7, 11) is 0. The number of hydrogen-bond acceptors (Lipinski definition) is 6. The molecule has 3 N–H and O–H groups in total. The van der Waals surface area contributed by atoms with E-state index in [2.05, 4.69) is 15.6 Å². The highest BCUT2D eigenvalue weighted by molar-refractivity contribution is 6.31. The molecule has 9 nitrogen and oxygen atoms in total. The van der Waals surface area contributed by atoms with Crippen molar-refractivity contribution in [1.29, 1.82) is 0 Å². The first-order valence-corrected chi connectivity index (χ1v) is 16.2. The number of aryl methyl sites for hydroxylation is 1. The molecule has 0 spiro atoms. The smallest absolute Gasteiger partial charge is 0.264 e. The van der Waals surface area contributed by atoms with Crippen molar-refractivity contribution in [2.45, 2.75) is 38.0 Å². The van der Waals surface area contributed by atoms with Crippen LogP contribution in [0.25, 0.3) is 0 Å². The molecule has 10 heteroatoms. The van der Waals surface area contributed by atoms with Crippen molar-refractivity contribution in [2.24, 2.45) is 5.92 Å². The topological polar surface area (TPSA) is 121 Å². The summed E-state index contributed by atoms with van der Waals surface area (Å²) in [5.74, 6) is -1.52. The van der Waals surface area contributed by atoms with Crippen LogP contribution in [0.4, 0.5) is 11.4 Å². The largest absolute Gasteiger partial charge is 0.395 e. The molecule has 5 aromatic rings. The molecule has 4 aromatic carbocycles. The number of rotatable bonds is 12. The van der Waals surface area contributed by atoms with Crippen LogP contribution in [0.2, 0.25) is 5.02 Å². The zero-order valence-corrected chi connectivity index (χ0v) is 27.2. The molecule has 2 heterocycles. The van der Waals surface area contributed by atoms with Gasteiger partial charge in [-0.25, -0.2) is 0 Å². The molecule has 0 aliphatic carbocycles. The van der Waals surface area contributed by atoms with Crippen molar-refractivity contribution >= 4 is 34.8 Å². The third-order valence-corrected chi connectivity index (χ3v) is 8.93. The second-order valence-corrected chi connectivity index (χ2v) is 12.3. The summed E-state index contributed by atoms with van der Waals surface area (Å²) in [5, 5.41) is 33.9. The summed E-state index contributed by atoms with van der Waals surface area (Å²) in [6.45, 7) is 2.45. The Morgan fingerprint density at radius 3 is 2.50 bits per heavy atom. The molecule has 0 fully saturated rings. The number of halogens is 1. The maximum absolute atomic E-state index is 14.0. The zero-order chi connectivity index (χ0) is 33.7. The van der Waals surface area contributed by atoms with E-state index in [1.54, 1.807) is 58.1 Å². The molecule has 1 aliphatic rings. The first-order chi connectivity index (χ1) is 23.3. The quantitative estimate of drug-likeness (QED) is 0.135. The van der Waals surface area contributed by atoms with Crippen LogP contribution in [0.15, 0.2) is 121 Å². The second-order valence-electron chi connectivity index (χ2n) is 11.9. The van der Waals surface area contributed by atoms with E-state index in [0.717, 1.165) is 11.1 Å². The van der Waals surface area contributed by atoms with Crippen LogP contribution >= 0.6 is 11.6 Å². The third kappa shape index (κ3) is 6.80. The lowest BCUT2D eigenvalue weighted by atomic mass is 9.83. The minimum Gasteiger partial charge on any atom is -0.395 e. The van der Waals surface area contributed by atoms with Crippen LogP contribution in [0.1, 0.15) is 52.0 Å². The molecular formula is C38H36ClN5O4. The first-order valence-electron chi connectivity index (χ1n) is 15.8. The molecule has 2 amide bonds. The van der Waals surface area contributed by atoms with Crippen LogP contribution in [-0.2, 0) is 23.5 Å². The molecule has 0 radical (unpaired) electrons. The van der Waals surface area contributed by atoms with Gasteiger partial charge >= 0.3 is 0 Å². The number of carbonyl (C=O) groups is 2. The van der Waals surface area contributed by atoms with Gasteiger partial charge in [-0.2, -0.15) is 0 Å². The van der Waals surface area contributed by atoms with E-state index in [0.29, 0.717) is 46.2 Å². The number of benzene rings is 4. The Hall–Kier alpha value is -5.09. The number of aliphatic hydroxyl groups excluding tert-OH is 1. The molecule has 0 bridgehead atoms. The molecule has 6 rings (SSSR count). The van der Waals surface area contributed by atoms with Gasteiger partial charge in [-0.3, -0.25) is 14.3 Å². The number of nitrogens with zero attached hydrogens (tertiary/aromatic N) is 4. The van der Waals surface area contributed by atoms with E-state index in [1.807, 2.05) is 79.9 Å². The number of hydrogen-bond donors (Lipinski definition) is 3.